The van der Waals surface area contributed by atoms with Crippen molar-refractivity contribution in [3.05, 3.63) is 36.3 Å². The van der Waals surface area contributed by atoms with Gasteiger partial charge in [0.2, 0.25) is 5.88 Å². The van der Waals surface area contributed by atoms with Crippen LogP contribution in [0.5, 0.6) is 5.88 Å². The number of pyridine rings is 1. The molecule has 7 heteroatoms. The molecule has 0 bridgehead atoms. The molecule has 6 nitrogen and oxygen atoms in total. The Morgan fingerprint density at radius 2 is 1.96 bits per heavy atom. The Balaban J connectivity index is 1.29. The van der Waals surface area contributed by atoms with Crippen molar-refractivity contribution in [1.29, 1.82) is 0 Å². The number of nitrogens with zero attached hydrogens (tertiary/aromatic N) is 5. The van der Waals surface area contributed by atoms with Crippen LogP contribution in [0.3, 0.4) is 0 Å². The third-order valence-electron chi connectivity index (χ3n) is 4.94. The molecule has 0 spiro atoms. The Morgan fingerprint density at radius 3 is 2.63 bits per heavy atom. The zero-order valence-electron chi connectivity index (χ0n) is 16.1. The summed E-state index contributed by atoms with van der Waals surface area (Å²) in [4.78, 5) is 11.2. The number of piperidine rings is 1. The van der Waals surface area contributed by atoms with Crippen molar-refractivity contribution in [2.24, 2.45) is 5.92 Å². The fraction of sp³-hybridized carbons (Fsp3) is 0.500. The molecule has 0 atom stereocenters. The minimum Gasteiger partial charge on any atom is -0.476 e. The zero-order chi connectivity index (χ0) is 18.9. The third-order valence-corrected chi connectivity index (χ3v) is 6.04. The van der Waals surface area contributed by atoms with E-state index in [9.17, 15) is 0 Å². The third kappa shape index (κ3) is 4.18. The number of hydrogen-bond acceptors (Lipinski definition) is 7. The fourth-order valence-corrected chi connectivity index (χ4v) is 4.18. The average Bonchev–Trinajstić information content (AvgIpc) is 3.11. The Hall–Kier alpha value is -2.28. The number of anilines is 1. The minimum atomic E-state index is 0.00898. The topological polar surface area (TPSA) is 64.0 Å². The molecule has 142 valence electrons. The first-order valence-corrected chi connectivity index (χ1v) is 10.2. The Morgan fingerprint density at radius 1 is 1.15 bits per heavy atom. The number of fused-ring (bicyclic) bond motifs is 1. The molecular formula is C20H25N5OS. The van der Waals surface area contributed by atoms with Gasteiger partial charge < -0.3 is 9.64 Å². The summed E-state index contributed by atoms with van der Waals surface area (Å²) in [5, 5.41) is 9.61. The molecule has 4 rings (SSSR count). The first-order valence-electron chi connectivity index (χ1n) is 9.41. The van der Waals surface area contributed by atoms with Crippen LogP contribution < -0.4 is 9.64 Å². The van der Waals surface area contributed by atoms with Crippen molar-refractivity contribution in [2.75, 3.05) is 24.6 Å². The summed E-state index contributed by atoms with van der Waals surface area (Å²) in [7, 11) is 0. The van der Waals surface area contributed by atoms with Gasteiger partial charge in [-0.1, -0.05) is 32.1 Å². The molecule has 1 fully saturated rings. The maximum absolute atomic E-state index is 5.89. The van der Waals surface area contributed by atoms with Gasteiger partial charge in [0, 0.05) is 30.8 Å². The predicted molar refractivity (Wildman–Crippen MR) is 109 cm³/mol. The highest BCUT2D eigenvalue weighted by Crippen LogP contribution is 2.31. The lowest BCUT2D eigenvalue weighted by Crippen LogP contribution is -2.35. The number of thiazole rings is 1. The summed E-state index contributed by atoms with van der Waals surface area (Å²) in [5.74, 6) is 1.16. The molecule has 27 heavy (non-hydrogen) atoms. The summed E-state index contributed by atoms with van der Waals surface area (Å²) >= 11 is 1.74. The molecule has 0 amide bonds. The largest absolute Gasteiger partial charge is 0.476 e. The first kappa shape index (κ1) is 18.1. The number of ether oxygens (including phenoxy) is 1. The minimum absolute atomic E-state index is 0.00898. The smallest absolute Gasteiger partial charge is 0.233 e. The monoisotopic (exact) mass is 383 g/mol. The van der Waals surface area contributed by atoms with Gasteiger partial charge in [-0.05, 0) is 30.9 Å². The quantitative estimate of drug-likeness (QED) is 0.677. The van der Waals surface area contributed by atoms with Crippen molar-refractivity contribution >= 4 is 26.7 Å². The van der Waals surface area contributed by atoms with E-state index in [0.29, 0.717) is 18.4 Å². The lowest BCUT2D eigenvalue weighted by molar-refractivity contribution is 0.214. The van der Waals surface area contributed by atoms with E-state index in [0.717, 1.165) is 42.3 Å². The molecule has 0 N–H and O–H groups in total. The van der Waals surface area contributed by atoms with Crippen LogP contribution in [0.1, 0.15) is 39.3 Å². The van der Waals surface area contributed by atoms with Gasteiger partial charge in [0.15, 0.2) is 5.13 Å². The molecule has 0 saturated carbocycles. The van der Waals surface area contributed by atoms with Crippen molar-refractivity contribution < 1.29 is 4.74 Å². The highest BCUT2D eigenvalue weighted by molar-refractivity contribution is 7.22. The molecule has 4 heterocycles. The van der Waals surface area contributed by atoms with E-state index in [-0.39, 0.29) is 5.41 Å². The maximum Gasteiger partial charge on any atom is 0.233 e. The van der Waals surface area contributed by atoms with Crippen molar-refractivity contribution in [1.82, 2.24) is 20.2 Å². The second-order valence-corrected chi connectivity index (χ2v) is 9.10. The van der Waals surface area contributed by atoms with E-state index in [1.165, 1.54) is 4.70 Å². The number of rotatable bonds is 4. The standard InChI is InChI=1S/C20H25N5OS/c1-20(2,3)17-4-5-18(24-23-17)26-13-14-7-10-25(11-8-14)19-22-15-12-21-9-6-16(15)27-19/h4-6,9,12,14H,7-8,10-11,13H2,1-3H3. The summed E-state index contributed by atoms with van der Waals surface area (Å²) < 4.78 is 7.09. The van der Waals surface area contributed by atoms with E-state index in [1.807, 2.05) is 30.6 Å². The van der Waals surface area contributed by atoms with Crippen LogP contribution >= 0.6 is 11.3 Å². The van der Waals surface area contributed by atoms with Gasteiger partial charge in [-0.3, -0.25) is 4.98 Å². The van der Waals surface area contributed by atoms with Crippen LogP contribution in [0.15, 0.2) is 30.6 Å². The summed E-state index contributed by atoms with van der Waals surface area (Å²) in [5.41, 5.74) is 1.98. The molecule has 0 aliphatic carbocycles. The van der Waals surface area contributed by atoms with E-state index < -0.39 is 0 Å². The van der Waals surface area contributed by atoms with Crippen LogP contribution in [0.4, 0.5) is 5.13 Å². The molecule has 1 aliphatic rings. The van der Waals surface area contributed by atoms with Gasteiger partial charge in [0.05, 0.1) is 23.2 Å². The predicted octanol–water partition coefficient (Wildman–Crippen LogP) is 4.07. The van der Waals surface area contributed by atoms with E-state index in [1.54, 1.807) is 11.3 Å². The van der Waals surface area contributed by atoms with Gasteiger partial charge in [-0.2, -0.15) is 5.10 Å². The lowest BCUT2D eigenvalue weighted by atomic mass is 9.92. The molecule has 0 radical (unpaired) electrons. The van der Waals surface area contributed by atoms with E-state index in [4.69, 9.17) is 9.72 Å². The normalized spacial score (nSPS) is 16.0. The van der Waals surface area contributed by atoms with Gasteiger partial charge in [0.1, 0.15) is 5.52 Å². The molecule has 3 aromatic heterocycles. The molecule has 3 aromatic rings. The maximum atomic E-state index is 5.89. The van der Waals surface area contributed by atoms with Crippen LogP contribution in [0.25, 0.3) is 10.2 Å². The van der Waals surface area contributed by atoms with E-state index >= 15 is 0 Å². The van der Waals surface area contributed by atoms with Crippen LogP contribution in [0.2, 0.25) is 0 Å². The zero-order valence-corrected chi connectivity index (χ0v) is 16.9. The number of aromatic nitrogens is 4. The average molecular weight is 384 g/mol. The van der Waals surface area contributed by atoms with E-state index in [2.05, 4.69) is 40.9 Å². The van der Waals surface area contributed by atoms with Crippen molar-refractivity contribution in [2.45, 2.75) is 39.0 Å². The number of hydrogen-bond donors (Lipinski definition) is 0. The second kappa shape index (κ2) is 7.38. The Labute approximate surface area is 163 Å². The van der Waals surface area contributed by atoms with Gasteiger partial charge in [0.25, 0.3) is 0 Å². The SMILES string of the molecule is CC(C)(C)c1ccc(OCC2CCN(c3nc4cnccc4s3)CC2)nn1. The Bertz CT molecular complexity index is 862. The lowest BCUT2D eigenvalue weighted by Gasteiger charge is -2.31. The van der Waals surface area contributed by atoms with Gasteiger partial charge >= 0.3 is 0 Å². The van der Waals surface area contributed by atoms with Crippen LogP contribution in [-0.4, -0.2) is 39.9 Å². The Kier molecular flexibility index (Phi) is 4.95. The molecule has 0 unspecified atom stereocenters. The second-order valence-electron chi connectivity index (χ2n) is 8.09. The molecule has 1 saturated heterocycles. The van der Waals surface area contributed by atoms with Crippen LogP contribution in [0, 0.1) is 5.92 Å². The summed E-state index contributed by atoms with van der Waals surface area (Å²) in [6.07, 6.45) is 5.86. The van der Waals surface area contributed by atoms with Gasteiger partial charge in [-0.25, -0.2) is 4.98 Å². The molecule has 0 aromatic carbocycles. The van der Waals surface area contributed by atoms with Gasteiger partial charge in [-0.15, -0.1) is 5.10 Å². The fourth-order valence-electron chi connectivity index (χ4n) is 3.19. The first-order chi connectivity index (χ1) is 13.0. The highest BCUT2D eigenvalue weighted by Gasteiger charge is 2.22. The highest BCUT2D eigenvalue weighted by atomic mass is 32.1. The molecule has 1 aliphatic heterocycles. The van der Waals surface area contributed by atoms with Crippen LogP contribution in [-0.2, 0) is 5.41 Å². The molecular weight excluding hydrogens is 358 g/mol. The van der Waals surface area contributed by atoms with Crippen molar-refractivity contribution in [3.8, 4) is 5.88 Å². The van der Waals surface area contributed by atoms with Crippen molar-refractivity contribution in [3.63, 3.8) is 0 Å². The summed E-state index contributed by atoms with van der Waals surface area (Å²) in [6, 6.07) is 5.97. The summed E-state index contributed by atoms with van der Waals surface area (Å²) in [6.45, 7) is 9.11.